The van der Waals surface area contributed by atoms with Gasteiger partial charge in [0.05, 0.1) is 7.11 Å². The molecule has 22 heavy (non-hydrogen) atoms. The topological polar surface area (TPSA) is 35.5 Å². The Bertz CT molecular complexity index is 626. The van der Waals surface area contributed by atoms with Gasteiger partial charge in [-0.25, -0.2) is 4.39 Å². The highest BCUT2D eigenvalue weighted by Gasteiger charge is 2.08. The molecule has 0 bridgehead atoms. The van der Waals surface area contributed by atoms with Crippen LogP contribution in [0.2, 0.25) is 0 Å². The summed E-state index contributed by atoms with van der Waals surface area (Å²) in [5, 5.41) is 0. The van der Waals surface area contributed by atoms with Gasteiger partial charge in [0.2, 0.25) is 0 Å². The molecular formula is C17H18ClFO3. The molecule has 2 aromatic carbocycles. The van der Waals surface area contributed by atoms with Crippen LogP contribution in [-0.2, 0) is 4.79 Å². The maximum Gasteiger partial charge on any atom is 0.311 e. The zero-order chi connectivity index (χ0) is 15.2. The van der Waals surface area contributed by atoms with Gasteiger partial charge in [0.15, 0.2) is 0 Å². The Morgan fingerprint density at radius 2 is 1.82 bits per heavy atom. The van der Waals surface area contributed by atoms with Crippen LogP contribution in [0.4, 0.5) is 4.39 Å². The Kier molecular flexibility index (Phi) is 6.86. The van der Waals surface area contributed by atoms with Gasteiger partial charge in [0.1, 0.15) is 17.3 Å². The van der Waals surface area contributed by atoms with E-state index in [0.717, 1.165) is 12.0 Å². The van der Waals surface area contributed by atoms with Crippen molar-refractivity contribution in [2.45, 2.75) is 19.8 Å². The first-order valence-electron chi connectivity index (χ1n) is 6.78. The maximum atomic E-state index is 13.4. The summed E-state index contributed by atoms with van der Waals surface area (Å²) in [7, 11) is 1.54. The second-order valence-corrected chi connectivity index (χ2v) is 4.59. The van der Waals surface area contributed by atoms with Crippen LogP contribution in [-0.4, -0.2) is 13.1 Å². The van der Waals surface area contributed by atoms with Gasteiger partial charge in [0.25, 0.3) is 0 Å². The molecular weight excluding hydrogens is 307 g/mol. The number of hydrogen-bond donors (Lipinski definition) is 0. The van der Waals surface area contributed by atoms with E-state index in [-0.39, 0.29) is 24.2 Å². The second-order valence-electron chi connectivity index (χ2n) is 4.59. The van der Waals surface area contributed by atoms with Crippen LogP contribution in [0.3, 0.4) is 0 Å². The Morgan fingerprint density at radius 1 is 1.14 bits per heavy atom. The van der Waals surface area contributed by atoms with Crippen molar-refractivity contribution >= 4 is 18.4 Å². The number of methoxy groups -OCH3 is 1. The summed E-state index contributed by atoms with van der Waals surface area (Å²) in [6, 6.07) is 11.3. The Morgan fingerprint density at radius 3 is 2.41 bits per heavy atom. The fraction of sp³-hybridized carbons (Fsp3) is 0.235. The minimum atomic E-state index is -0.329. The maximum absolute atomic E-state index is 13.4. The molecule has 0 aliphatic carbocycles. The van der Waals surface area contributed by atoms with E-state index < -0.39 is 0 Å². The third-order valence-electron chi connectivity index (χ3n) is 3.01. The molecule has 0 aliphatic rings. The third kappa shape index (κ3) is 4.46. The summed E-state index contributed by atoms with van der Waals surface area (Å²) in [5.41, 5.74) is 1.45. The summed E-state index contributed by atoms with van der Waals surface area (Å²) >= 11 is 0. The van der Waals surface area contributed by atoms with Gasteiger partial charge < -0.3 is 9.47 Å². The average Bonchev–Trinajstić information content (AvgIpc) is 2.48. The largest absolute Gasteiger partial charge is 0.496 e. The molecule has 0 unspecified atom stereocenters. The number of halogens is 2. The van der Waals surface area contributed by atoms with Gasteiger partial charge in [-0.05, 0) is 42.3 Å². The van der Waals surface area contributed by atoms with E-state index in [1.165, 1.54) is 19.2 Å². The molecule has 2 aromatic rings. The first kappa shape index (κ1) is 18.0. The summed E-state index contributed by atoms with van der Waals surface area (Å²) in [5.74, 6) is 0.484. The van der Waals surface area contributed by atoms with Crippen molar-refractivity contribution < 1.29 is 18.7 Å². The van der Waals surface area contributed by atoms with Crippen LogP contribution in [0, 0.1) is 5.82 Å². The van der Waals surface area contributed by atoms with E-state index in [4.69, 9.17) is 9.47 Å². The number of carbonyl (C=O) groups excluding carboxylic acids is 1. The number of esters is 1. The van der Waals surface area contributed by atoms with Crippen molar-refractivity contribution in [2.75, 3.05) is 7.11 Å². The Hall–Kier alpha value is -2.07. The smallest absolute Gasteiger partial charge is 0.311 e. The highest BCUT2D eigenvalue weighted by atomic mass is 35.5. The van der Waals surface area contributed by atoms with E-state index in [9.17, 15) is 9.18 Å². The lowest BCUT2D eigenvalue weighted by Gasteiger charge is -2.09. The molecule has 2 rings (SSSR count). The molecule has 3 nitrogen and oxygen atoms in total. The Labute approximate surface area is 135 Å². The first-order valence-corrected chi connectivity index (χ1v) is 6.78. The van der Waals surface area contributed by atoms with Crippen LogP contribution in [0.15, 0.2) is 42.5 Å². The molecule has 0 heterocycles. The molecule has 0 spiro atoms. The van der Waals surface area contributed by atoms with Crippen LogP contribution in [0.1, 0.15) is 19.8 Å². The quantitative estimate of drug-likeness (QED) is 0.594. The van der Waals surface area contributed by atoms with Crippen molar-refractivity contribution in [3.05, 3.63) is 48.3 Å². The van der Waals surface area contributed by atoms with E-state index in [1.54, 1.807) is 30.3 Å². The highest BCUT2D eigenvalue weighted by molar-refractivity contribution is 5.85. The number of benzene rings is 2. The molecule has 0 atom stereocenters. The number of rotatable bonds is 5. The van der Waals surface area contributed by atoms with Gasteiger partial charge in [-0.2, -0.15) is 0 Å². The molecule has 5 heteroatoms. The fourth-order valence-electron chi connectivity index (χ4n) is 1.99. The predicted octanol–water partition coefficient (Wildman–Crippen LogP) is 4.63. The van der Waals surface area contributed by atoms with Gasteiger partial charge in [-0.15, -0.1) is 12.4 Å². The molecule has 0 radical (unpaired) electrons. The molecule has 0 N–H and O–H groups in total. The molecule has 0 aromatic heterocycles. The SMILES string of the molecule is CCCC(=O)Oc1ccc(-c2cc(F)ccc2OC)cc1.Cl. The van der Waals surface area contributed by atoms with Gasteiger partial charge in [0, 0.05) is 12.0 Å². The number of ether oxygens (including phenoxy) is 2. The summed E-state index contributed by atoms with van der Waals surface area (Å²) in [4.78, 5) is 11.4. The number of hydrogen-bond acceptors (Lipinski definition) is 3. The van der Waals surface area contributed by atoms with E-state index in [0.29, 0.717) is 23.5 Å². The number of carbonyl (C=O) groups is 1. The Balaban J connectivity index is 0.00000242. The average molecular weight is 325 g/mol. The van der Waals surface area contributed by atoms with Gasteiger partial charge >= 0.3 is 5.97 Å². The van der Waals surface area contributed by atoms with Crippen LogP contribution >= 0.6 is 12.4 Å². The van der Waals surface area contributed by atoms with E-state index in [2.05, 4.69) is 0 Å². The van der Waals surface area contributed by atoms with Crippen LogP contribution < -0.4 is 9.47 Å². The molecule has 0 saturated carbocycles. The van der Waals surface area contributed by atoms with Crippen LogP contribution in [0.25, 0.3) is 11.1 Å². The van der Waals surface area contributed by atoms with Gasteiger partial charge in [-0.3, -0.25) is 4.79 Å². The lowest BCUT2D eigenvalue weighted by atomic mass is 10.0. The van der Waals surface area contributed by atoms with E-state index >= 15 is 0 Å². The fourth-order valence-corrected chi connectivity index (χ4v) is 1.99. The zero-order valence-electron chi connectivity index (χ0n) is 12.5. The van der Waals surface area contributed by atoms with Crippen molar-refractivity contribution in [3.8, 4) is 22.6 Å². The minimum Gasteiger partial charge on any atom is -0.496 e. The highest BCUT2D eigenvalue weighted by Crippen LogP contribution is 2.31. The lowest BCUT2D eigenvalue weighted by Crippen LogP contribution is -2.06. The summed E-state index contributed by atoms with van der Waals surface area (Å²) < 4.78 is 23.8. The minimum absolute atomic E-state index is 0. The second kappa shape index (κ2) is 8.39. The molecule has 118 valence electrons. The van der Waals surface area contributed by atoms with Crippen molar-refractivity contribution in [1.82, 2.24) is 0 Å². The molecule has 0 fully saturated rings. The molecule has 0 aliphatic heterocycles. The third-order valence-corrected chi connectivity index (χ3v) is 3.01. The summed E-state index contributed by atoms with van der Waals surface area (Å²) in [6.45, 7) is 1.92. The molecule has 0 saturated heterocycles. The zero-order valence-corrected chi connectivity index (χ0v) is 13.3. The normalized spacial score (nSPS) is 9.77. The van der Waals surface area contributed by atoms with Gasteiger partial charge in [-0.1, -0.05) is 19.1 Å². The van der Waals surface area contributed by atoms with Crippen molar-refractivity contribution in [2.24, 2.45) is 0 Å². The standard InChI is InChI=1S/C17H17FO3.ClH/c1-3-4-17(19)21-14-8-5-12(6-9-14)15-11-13(18)7-10-16(15)20-2;/h5-11H,3-4H2,1-2H3;1H. The predicted molar refractivity (Wildman–Crippen MR) is 86.2 cm³/mol. The monoisotopic (exact) mass is 324 g/mol. The first-order chi connectivity index (χ1) is 10.1. The lowest BCUT2D eigenvalue weighted by molar-refractivity contribution is -0.134. The van der Waals surface area contributed by atoms with Crippen molar-refractivity contribution in [1.29, 1.82) is 0 Å². The van der Waals surface area contributed by atoms with E-state index in [1.807, 2.05) is 6.92 Å². The van der Waals surface area contributed by atoms with Crippen molar-refractivity contribution in [3.63, 3.8) is 0 Å². The molecule has 0 amide bonds. The van der Waals surface area contributed by atoms with Crippen LogP contribution in [0.5, 0.6) is 11.5 Å². The summed E-state index contributed by atoms with van der Waals surface area (Å²) in [6.07, 6.45) is 1.14.